The molecule has 0 aromatic carbocycles. The van der Waals surface area contributed by atoms with E-state index in [4.69, 9.17) is 14.0 Å². The molecule has 0 amide bonds. The van der Waals surface area contributed by atoms with Crippen molar-refractivity contribution in [1.29, 1.82) is 0 Å². The van der Waals surface area contributed by atoms with Crippen molar-refractivity contribution in [1.82, 2.24) is 15.5 Å². The number of aliphatic hydroxyl groups is 1. The van der Waals surface area contributed by atoms with Crippen molar-refractivity contribution < 1.29 is 19.1 Å². The molecule has 3 rings (SSSR count). The van der Waals surface area contributed by atoms with Gasteiger partial charge in [0.1, 0.15) is 5.60 Å². The normalized spacial score (nSPS) is 30.6. The number of β-amino-alcohol motifs (C(OH)–C–C–N with tert-alkyl or cyclic N) is 1. The van der Waals surface area contributed by atoms with Crippen molar-refractivity contribution in [3.63, 3.8) is 0 Å². The Balaban J connectivity index is 1.79. The molecule has 106 valence electrons. The Morgan fingerprint density at radius 2 is 2.21 bits per heavy atom. The van der Waals surface area contributed by atoms with E-state index in [9.17, 15) is 5.11 Å². The molecule has 0 spiro atoms. The number of ether oxygens (including phenoxy) is 2. The lowest BCUT2D eigenvalue weighted by atomic mass is 9.93. The standard InChI is InChI=1S/C12H19N3O4/c1-17-12(2-4-18-5-3-12)11-14-10(19-15-11)9-6-8(16)7-13-9/h8-9,13,16H,2-7H2,1H3/t8-,9-/m0/s1. The van der Waals surface area contributed by atoms with E-state index in [1.54, 1.807) is 7.11 Å². The van der Waals surface area contributed by atoms with Gasteiger partial charge in [0.25, 0.3) is 0 Å². The second-order valence-electron chi connectivity index (χ2n) is 5.12. The van der Waals surface area contributed by atoms with Crippen LogP contribution in [0.3, 0.4) is 0 Å². The van der Waals surface area contributed by atoms with Gasteiger partial charge in [-0.15, -0.1) is 0 Å². The largest absolute Gasteiger partial charge is 0.392 e. The first-order valence-corrected chi connectivity index (χ1v) is 6.62. The van der Waals surface area contributed by atoms with Gasteiger partial charge in [0, 0.05) is 39.7 Å². The first-order chi connectivity index (χ1) is 9.23. The zero-order valence-electron chi connectivity index (χ0n) is 11.0. The first-order valence-electron chi connectivity index (χ1n) is 6.62. The quantitative estimate of drug-likeness (QED) is 0.805. The zero-order valence-corrected chi connectivity index (χ0v) is 11.0. The Morgan fingerprint density at radius 3 is 2.84 bits per heavy atom. The van der Waals surface area contributed by atoms with Crippen LogP contribution in [0.5, 0.6) is 0 Å². The highest BCUT2D eigenvalue weighted by molar-refractivity contribution is 5.06. The van der Waals surface area contributed by atoms with Crippen molar-refractivity contribution >= 4 is 0 Å². The minimum atomic E-state index is -0.503. The van der Waals surface area contributed by atoms with Crippen LogP contribution in [0, 0.1) is 0 Å². The number of rotatable bonds is 3. The number of aromatic nitrogens is 2. The second kappa shape index (κ2) is 5.16. The molecule has 0 radical (unpaired) electrons. The van der Waals surface area contributed by atoms with Crippen LogP contribution in [-0.4, -0.2) is 48.2 Å². The van der Waals surface area contributed by atoms with Crippen LogP contribution >= 0.6 is 0 Å². The Bertz CT molecular complexity index is 430. The summed E-state index contributed by atoms with van der Waals surface area (Å²) in [6, 6.07) is -0.0648. The predicted octanol–water partition coefficient (Wildman–Crippen LogP) is 0.117. The van der Waals surface area contributed by atoms with Gasteiger partial charge in [-0.05, 0) is 6.42 Å². The summed E-state index contributed by atoms with van der Waals surface area (Å²) in [5, 5.41) is 16.7. The van der Waals surface area contributed by atoms with E-state index in [2.05, 4.69) is 15.5 Å². The van der Waals surface area contributed by atoms with E-state index in [0.29, 0.717) is 37.9 Å². The Labute approximate surface area is 111 Å². The summed E-state index contributed by atoms with van der Waals surface area (Å²) in [6.07, 6.45) is 1.71. The van der Waals surface area contributed by atoms with Crippen molar-refractivity contribution in [2.45, 2.75) is 37.0 Å². The molecule has 0 saturated carbocycles. The lowest BCUT2D eigenvalue weighted by Gasteiger charge is -2.32. The van der Waals surface area contributed by atoms with Gasteiger partial charge < -0.3 is 24.4 Å². The van der Waals surface area contributed by atoms with Crippen molar-refractivity contribution in [2.75, 3.05) is 26.9 Å². The summed E-state index contributed by atoms with van der Waals surface area (Å²) in [5.41, 5.74) is -0.503. The molecule has 2 N–H and O–H groups in total. The molecule has 2 fully saturated rings. The maximum Gasteiger partial charge on any atom is 0.243 e. The van der Waals surface area contributed by atoms with Gasteiger partial charge in [0.2, 0.25) is 11.7 Å². The Hall–Kier alpha value is -1.02. The highest BCUT2D eigenvalue weighted by Crippen LogP contribution is 2.34. The highest BCUT2D eigenvalue weighted by atomic mass is 16.5. The molecular formula is C12H19N3O4. The first kappa shape index (κ1) is 13.0. The Morgan fingerprint density at radius 1 is 1.42 bits per heavy atom. The summed E-state index contributed by atoms with van der Waals surface area (Å²) in [4.78, 5) is 4.46. The fraction of sp³-hybridized carbons (Fsp3) is 0.833. The van der Waals surface area contributed by atoms with Crippen LogP contribution in [0.2, 0.25) is 0 Å². The second-order valence-corrected chi connectivity index (χ2v) is 5.12. The van der Waals surface area contributed by atoms with Crippen LogP contribution in [-0.2, 0) is 15.1 Å². The number of hydrogen-bond acceptors (Lipinski definition) is 7. The van der Waals surface area contributed by atoms with E-state index < -0.39 is 5.60 Å². The van der Waals surface area contributed by atoms with Gasteiger partial charge in [-0.3, -0.25) is 0 Å². The lowest BCUT2D eigenvalue weighted by Crippen LogP contribution is -2.36. The summed E-state index contributed by atoms with van der Waals surface area (Å²) in [6.45, 7) is 1.84. The number of methoxy groups -OCH3 is 1. The smallest absolute Gasteiger partial charge is 0.243 e. The highest BCUT2D eigenvalue weighted by Gasteiger charge is 2.40. The monoisotopic (exact) mass is 269 g/mol. The summed E-state index contributed by atoms with van der Waals surface area (Å²) < 4.78 is 16.3. The van der Waals surface area contributed by atoms with Crippen molar-refractivity contribution in [3.8, 4) is 0 Å². The van der Waals surface area contributed by atoms with E-state index in [1.807, 2.05) is 0 Å². The topological polar surface area (TPSA) is 89.6 Å². The summed E-state index contributed by atoms with van der Waals surface area (Å²) >= 11 is 0. The average molecular weight is 269 g/mol. The fourth-order valence-corrected chi connectivity index (χ4v) is 2.69. The van der Waals surface area contributed by atoms with Crippen LogP contribution in [0.1, 0.15) is 37.0 Å². The molecule has 2 saturated heterocycles. The molecule has 2 atom stereocenters. The molecule has 7 heteroatoms. The van der Waals surface area contributed by atoms with E-state index in [1.165, 1.54) is 0 Å². The van der Waals surface area contributed by atoms with Crippen LogP contribution in [0.25, 0.3) is 0 Å². The minimum absolute atomic E-state index is 0.0648. The third-order valence-corrected chi connectivity index (χ3v) is 3.95. The fourth-order valence-electron chi connectivity index (χ4n) is 2.69. The van der Waals surface area contributed by atoms with Gasteiger partial charge in [-0.2, -0.15) is 4.98 Å². The molecular weight excluding hydrogens is 250 g/mol. The van der Waals surface area contributed by atoms with Gasteiger partial charge in [-0.1, -0.05) is 5.16 Å². The minimum Gasteiger partial charge on any atom is -0.392 e. The summed E-state index contributed by atoms with van der Waals surface area (Å²) in [5.74, 6) is 1.10. The molecule has 0 bridgehead atoms. The van der Waals surface area contributed by atoms with Gasteiger partial charge in [0.05, 0.1) is 12.1 Å². The van der Waals surface area contributed by atoms with E-state index in [-0.39, 0.29) is 12.1 Å². The van der Waals surface area contributed by atoms with Crippen molar-refractivity contribution in [3.05, 3.63) is 11.7 Å². The van der Waals surface area contributed by atoms with E-state index >= 15 is 0 Å². The molecule has 19 heavy (non-hydrogen) atoms. The summed E-state index contributed by atoms with van der Waals surface area (Å²) in [7, 11) is 1.67. The third-order valence-electron chi connectivity index (χ3n) is 3.95. The number of aliphatic hydroxyl groups excluding tert-OH is 1. The molecule has 1 aromatic rings. The zero-order chi connectivity index (χ0) is 13.3. The Kier molecular flexibility index (Phi) is 3.53. The van der Waals surface area contributed by atoms with Crippen LogP contribution in [0.4, 0.5) is 0 Å². The lowest BCUT2D eigenvalue weighted by molar-refractivity contribution is -0.101. The van der Waals surface area contributed by atoms with Crippen LogP contribution in [0.15, 0.2) is 4.52 Å². The molecule has 2 aliphatic rings. The SMILES string of the molecule is COC1(c2noc([C@@H]3C[C@H](O)CN3)n2)CCOCC1. The molecule has 2 aliphatic heterocycles. The number of nitrogens with one attached hydrogen (secondary N) is 1. The molecule has 0 aliphatic carbocycles. The van der Waals surface area contributed by atoms with Crippen molar-refractivity contribution in [2.24, 2.45) is 0 Å². The van der Waals surface area contributed by atoms with E-state index in [0.717, 1.165) is 12.8 Å². The van der Waals surface area contributed by atoms with Crippen LogP contribution < -0.4 is 5.32 Å². The molecule has 0 unspecified atom stereocenters. The maximum atomic E-state index is 9.52. The van der Waals surface area contributed by atoms with Gasteiger partial charge in [-0.25, -0.2) is 0 Å². The maximum absolute atomic E-state index is 9.52. The molecule has 7 nitrogen and oxygen atoms in total. The number of nitrogens with zero attached hydrogens (tertiary/aromatic N) is 2. The molecule has 3 heterocycles. The van der Waals surface area contributed by atoms with Gasteiger partial charge in [0.15, 0.2) is 0 Å². The average Bonchev–Trinajstić information content (AvgIpc) is 3.08. The molecule has 1 aromatic heterocycles. The predicted molar refractivity (Wildman–Crippen MR) is 64.4 cm³/mol. The van der Waals surface area contributed by atoms with Gasteiger partial charge >= 0.3 is 0 Å². The number of hydrogen-bond donors (Lipinski definition) is 2. The third kappa shape index (κ3) is 2.38.